The molecule has 0 aromatic heterocycles. The first kappa shape index (κ1) is 20.6. The van der Waals surface area contributed by atoms with Gasteiger partial charge >= 0.3 is 0 Å². The molecule has 5 rings (SSSR count). The topological polar surface area (TPSA) is 21.6 Å². The normalized spacial score (nSPS) is 22.5. The van der Waals surface area contributed by atoms with Crippen molar-refractivity contribution in [3.63, 3.8) is 0 Å². The summed E-state index contributed by atoms with van der Waals surface area (Å²) >= 11 is 0. The van der Waals surface area contributed by atoms with E-state index < -0.39 is 0 Å². The summed E-state index contributed by atoms with van der Waals surface area (Å²) in [5, 5.41) is 1.36. The van der Waals surface area contributed by atoms with Gasteiger partial charge in [-0.05, 0) is 59.3 Å². The van der Waals surface area contributed by atoms with Gasteiger partial charge in [-0.3, -0.25) is 0 Å². The van der Waals surface area contributed by atoms with Crippen molar-refractivity contribution < 1.29 is 80.2 Å². The zero-order valence-electron chi connectivity index (χ0n) is 13.8. The molecule has 2 aliphatic carbocycles. The molecule has 1 heterocycles. The number of nitrogens with zero attached hydrogens (tertiary/aromatic N) is 1. The third-order valence-corrected chi connectivity index (χ3v) is 6.23. The van der Waals surface area contributed by atoms with E-state index >= 15 is 0 Å². The Bertz CT molecular complexity index is 848. The number of ether oxygens (including phenoxy) is 1. The Morgan fingerprint density at radius 3 is 2.28 bits per heavy atom. The molecule has 0 radical (unpaired) electrons. The summed E-state index contributed by atoms with van der Waals surface area (Å²) in [5.74, 6) is 0.859. The SMILES string of the molecule is Pc1cccc2c1C1(CC2)CCc2cccc(C3=NCCO3)c21.[Ar].[Ar]. The van der Waals surface area contributed by atoms with Crippen LogP contribution in [0.2, 0.25) is 0 Å². The standard InChI is InChI=1S/C20H20NOP.2Ar/c23-16-6-2-4-14-8-10-20(18(14)16)9-7-13-3-1-5-15(17(13)20)19-21-11-12-22-19;;/h1-6H,7-12,23H2;;. The van der Waals surface area contributed by atoms with Gasteiger partial charge in [0.1, 0.15) is 6.61 Å². The summed E-state index contributed by atoms with van der Waals surface area (Å²) in [6.45, 7) is 1.51. The fourth-order valence-electron chi connectivity index (χ4n) is 4.91. The first-order chi connectivity index (χ1) is 11.3. The van der Waals surface area contributed by atoms with Crippen molar-refractivity contribution in [2.24, 2.45) is 4.99 Å². The Kier molecular flexibility index (Phi) is 6.65. The van der Waals surface area contributed by atoms with E-state index in [2.05, 4.69) is 50.6 Å². The summed E-state index contributed by atoms with van der Waals surface area (Å²) < 4.78 is 5.83. The van der Waals surface area contributed by atoms with Crippen LogP contribution in [0.15, 0.2) is 41.4 Å². The van der Waals surface area contributed by atoms with Crippen molar-refractivity contribution in [1.82, 2.24) is 0 Å². The van der Waals surface area contributed by atoms with Crippen LogP contribution in [0.25, 0.3) is 0 Å². The first-order valence-electron chi connectivity index (χ1n) is 8.47. The molecule has 0 N–H and O–H groups in total. The fraction of sp³-hybridized carbons (Fsp3) is 0.350. The Hall–Kier alpha value is 0.859. The minimum atomic E-state index is 0. The number of rotatable bonds is 1. The molecule has 2 aromatic carbocycles. The van der Waals surface area contributed by atoms with Crippen molar-refractivity contribution in [1.29, 1.82) is 0 Å². The molecule has 132 valence electrons. The fourth-order valence-corrected chi connectivity index (χ4v) is 5.48. The molecule has 2 unspecified atom stereocenters. The number of hydrogen-bond acceptors (Lipinski definition) is 2. The van der Waals surface area contributed by atoms with Crippen LogP contribution in [0.5, 0.6) is 0 Å². The summed E-state index contributed by atoms with van der Waals surface area (Å²) in [6.07, 6.45) is 4.77. The van der Waals surface area contributed by atoms with E-state index in [0.29, 0.717) is 0 Å². The maximum absolute atomic E-state index is 5.83. The maximum Gasteiger partial charge on any atom is 0.216 e. The van der Waals surface area contributed by atoms with E-state index in [9.17, 15) is 0 Å². The van der Waals surface area contributed by atoms with E-state index in [-0.39, 0.29) is 80.9 Å². The minimum absolute atomic E-state index is 0. The Morgan fingerprint density at radius 2 is 1.60 bits per heavy atom. The quantitative estimate of drug-likeness (QED) is 0.673. The second-order valence-electron chi connectivity index (χ2n) is 6.84. The molecule has 0 bridgehead atoms. The number of hydrogen-bond donors (Lipinski definition) is 0. The van der Waals surface area contributed by atoms with E-state index in [1.165, 1.54) is 46.8 Å². The summed E-state index contributed by atoms with van der Waals surface area (Å²) in [4.78, 5) is 4.61. The predicted molar refractivity (Wildman–Crippen MR) is 97.0 cm³/mol. The predicted octanol–water partition coefficient (Wildman–Crippen LogP) is 3.14. The number of fused-ring (bicyclic) bond motifs is 4. The van der Waals surface area contributed by atoms with Gasteiger partial charge in [0.2, 0.25) is 5.90 Å². The van der Waals surface area contributed by atoms with Gasteiger partial charge in [-0.2, -0.15) is 0 Å². The van der Waals surface area contributed by atoms with Gasteiger partial charge in [0.25, 0.3) is 0 Å². The van der Waals surface area contributed by atoms with Crippen molar-refractivity contribution in [3.05, 3.63) is 64.2 Å². The van der Waals surface area contributed by atoms with Crippen LogP contribution >= 0.6 is 9.24 Å². The molecule has 0 fully saturated rings. The zero-order chi connectivity index (χ0) is 15.4. The van der Waals surface area contributed by atoms with Crippen molar-refractivity contribution in [2.75, 3.05) is 13.2 Å². The first-order valence-corrected chi connectivity index (χ1v) is 9.05. The van der Waals surface area contributed by atoms with Gasteiger partial charge in [-0.1, -0.05) is 30.3 Å². The molecule has 0 amide bonds. The van der Waals surface area contributed by atoms with Gasteiger partial charge < -0.3 is 4.74 Å². The monoisotopic (exact) mass is 401 g/mol. The molecule has 3 aliphatic rings. The van der Waals surface area contributed by atoms with Crippen LogP contribution < -0.4 is 5.30 Å². The van der Waals surface area contributed by atoms with E-state index in [4.69, 9.17) is 4.74 Å². The van der Waals surface area contributed by atoms with Crippen LogP contribution in [-0.2, 0) is 23.0 Å². The smallest absolute Gasteiger partial charge is 0.216 e. The molecule has 25 heavy (non-hydrogen) atoms. The van der Waals surface area contributed by atoms with Gasteiger partial charge in [-0.25, -0.2) is 4.99 Å². The number of aliphatic imine (C=N–C) groups is 1. The molecule has 5 heteroatoms. The molecule has 0 saturated carbocycles. The molecule has 0 saturated heterocycles. The Balaban J connectivity index is 0.000000911. The van der Waals surface area contributed by atoms with Gasteiger partial charge in [0, 0.05) is 86.5 Å². The number of aryl methyl sites for hydroxylation is 2. The second-order valence-corrected chi connectivity index (χ2v) is 7.46. The van der Waals surface area contributed by atoms with Crippen LogP contribution in [0.1, 0.15) is 40.7 Å². The summed E-state index contributed by atoms with van der Waals surface area (Å²) in [5.41, 5.74) is 7.45. The van der Waals surface area contributed by atoms with Crippen molar-refractivity contribution in [2.45, 2.75) is 31.1 Å². The Morgan fingerprint density at radius 1 is 0.920 bits per heavy atom. The molecular weight excluding hydrogens is 381 g/mol. The molecule has 2 atom stereocenters. The average molecular weight is 401 g/mol. The molecule has 1 spiro atoms. The third kappa shape index (κ3) is 3.19. The molecule has 2 aromatic rings. The molecular formula is C20H20Ar2NOP. The zero-order valence-corrected chi connectivity index (χ0v) is 16.4. The van der Waals surface area contributed by atoms with E-state index in [1.54, 1.807) is 5.56 Å². The van der Waals surface area contributed by atoms with E-state index in [1.807, 2.05) is 0 Å². The van der Waals surface area contributed by atoms with Crippen molar-refractivity contribution in [3.8, 4) is 0 Å². The van der Waals surface area contributed by atoms with Crippen LogP contribution in [0, 0.1) is 75.5 Å². The van der Waals surface area contributed by atoms with Crippen LogP contribution in [-0.4, -0.2) is 19.0 Å². The second kappa shape index (κ2) is 8.08. The van der Waals surface area contributed by atoms with Crippen LogP contribution in [0.4, 0.5) is 0 Å². The van der Waals surface area contributed by atoms with E-state index in [0.717, 1.165) is 25.5 Å². The Labute approximate surface area is 211 Å². The average Bonchev–Trinajstić information content (AvgIpc) is 3.29. The number of benzene rings is 2. The summed E-state index contributed by atoms with van der Waals surface area (Å²) in [7, 11) is 2.97. The van der Waals surface area contributed by atoms with Crippen LogP contribution in [0.3, 0.4) is 0 Å². The van der Waals surface area contributed by atoms with Crippen molar-refractivity contribution >= 4 is 20.4 Å². The summed E-state index contributed by atoms with van der Waals surface area (Å²) in [6, 6.07) is 13.4. The largest absolute Gasteiger partial charge is 0.476 e. The minimum Gasteiger partial charge on any atom is -0.476 e. The van der Waals surface area contributed by atoms with Gasteiger partial charge in [0.15, 0.2) is 0 Å². The third-order valence-electron chi connectivity index (χ3n) is 5.75. The van der Waals surface area contributed by atoms with Gasteiger partial charge in [-0.15, -0.1) is 9.24 Å². The molecule has 1 aliphatic heterocycles. The van der Waals surface area contributed by atoms with Gasteiger partial charge in [0.05, 0.1) is 6.54 Å². The maximum atomic E-state index is 5.83. The molecule has 2 nitrogen and oxygen atoms in total.